The first kappa shape index (κ1) is 22.0. The summed E-state index contributed by atoms with van der Waals surface area (Å²) in [6.45, 7) is 4.81. The van der Waals surface area contributed by atoms with E-state index < -0.39 is 11.7 Å². The van der Waals surface area contributed by atoms with E-state index in [1.54, 1.807) is 24.3 Å². The predicted molar refractivity (Wildman–Crippen MR) is 117 cm³/mol. The maximum Gasteiger partial charge on any atom is 0.416 e. The van der Waals surface area contributed by atoms with Crippen molar-refractivity contribution in [2.75, 3.05) is 25.0 Å². The van der Waals surface area contributed by atoms with Crippen LogP contribution in [-0.4, -0.2) is 46.5 Å². The molecule has 1 aromatic heterocycles. The molecule has 1 atom stereocenters. The molecule has 1 unspecified atom stereocenters. The number of hydrogen-bond donors (Lipinski definition) is 2. The summed E-state index contributed by atoms with van der Waals surface area (Å²) in [4.78, 5) is 23.0. The van der Waals surface area contributed by atoms with E-state index in [9.17, 15) is 18.0 Å². The largest absolute Gasteiger partial charge is 0.416 e. The number of hydrogen-bond acceptors (Lipinski definition) is 5. The van der Waals surface area contributed by atoms with E-state index in [-0.39, 0.29) is 11.4 Å². The third-order valence-electron chi connectivity index (χ3n) is 5.78. The molecule has 32 heavy (non-hydrogen) atoms. The Bertz CT molecular complexity index is 1100. The van der Waals surface area contributed by atoms with Crippen LogP contribution in [0.4, 0.5) is 24.7 Å². The number of alkyl halides is 3. The Morgan fingerprint density at radius 2 is 1.94 bits per heavy atom. The molecule has 9 heteroatoms. The Kier molecular flexibility index (Phi) is 6.27. The molecule has 1 aliphatic heterocycles. The van der Waals surface area contributed by atoms with E-state index in [2.05, 4.69) is 32.4 Å². The second kappa shape index (κ2) is 9.12. The zero-order chi connectivity index (χ0) is 22.7. The minimum atomic E-state index is -4.43. The zero-order valence-corrected chi connectivity index (χ0v) is 17.6. The molecular weight excluding hydrogens is 419 g/mol. The molecule has 1 fully saturated rings. The smallest absolute Gasteiger partial charge is 0.350 e. The van der Waals surface area contributed by atoms with Crippen molar-refractivity contribution < 1.29 is 18.0 Å². The van der Waals surface area contributed by atoms with Crippen LogP contribution in [0.2, 0.25) is 0 Å². The van der Waals surface area contributed by atoms with Gasteiger partial charge in [-0.15, -0.1) is 0 Å². The molecule has 1 aliphatic rings. The average Bonchev–Trinajstić information content (AvgIpc) is 3.25. The van der Waals surface area contributed by atoms with Crippen LogP contribution in [0.1, 0.15) is 35.7 Å². The monoisotopic (exact) mass is 443 g/mol. The van der Waals surface area contributed by atoms with Crippen molar-refractivity contribution in [3.05, 3.63) is 59.9 Å². The highest BCUT2D eigenvalue weighted by atomic mass is 19.4. The molecule has 0 aliphatic carbocycles. The number of amides is 1. The molecule has 0 spiro atoms. The van der Waals surface area contributed by atoms with Gasteiger partial charge in [-0.25, -0.2) is 9.97 Å². The number of halogens is 3. The van der Waals surface area contributed by atoms with Crippen molar-refractivity contribution in [2.45, 2.75) is 32.0 Å². The standard InChI is InChI=1S/C23H24F3N5O/c1-2-31-11-3-4-18(31)13-27-22(32)15-5-8-17(9-6-15)30-21-19-10-7-16(23(24,25)26)12-20(19)28-14-29-21/h5-10,12,14,18H,2-4,11,13H2,1H3,(H,27,32)(H,28,29,30). The molecule has 6 nitrogen and oxygen atoms in total. The molecular formula is C23H24F3N5O. The summed E-state index contributed by atoms with van der Waals surface area (Å²) in [5.41, 5.74) is 0.638. The third kappa shape index (κ3) is 4.83. The Labute approximate surface area is 183 Å². The Morgan fingerprint density at radius 1 is 1.16 bits per heavy atom. The summed E-state index contributed by atoms with van der Waals surface area (Å²) in [6, 6.07) is 10.6. The van der Waals surface area contributed by atoms with E-state index in [0.29, 0.717) is 35.0 Å². The fourth-order valence-electron chi connectivity index (χ4n) is 4.03. The highest BCUT2D eigenvalue weighted by Gasteiger charge is 2.30. The molecule has 4 rings (SSSR count). The van der Waals surface area contributed by atoms with Crippen LogP contribution in [0.25, 0.3) is 10.9 Å². The Hall–Kier alpha value is -3.20. The van der Waals surface area contributed by atoms with Crippen molar-refractivity contribution >= 4 is 28.3 Å². The number of likely N-dealkylation sites (tertiary alicyclic amines) is 1. The van der Waals surface area contributed by atoms with Gasteiger partial charge in [-0.05, 0) is 68.4 Å². The number of nitrogens with zero attached hydrogens (tertiary/aromatic N) is 3. The molecule has 2 heterocycles. The normalized spacial score (nSPS) is 16.9. The van der Waals surface area contributed by atoms with Crippen molar-refractivity contribution in [2.24, 2.45) is 0 Å². The summed E-state index contributed by atoms with van der Waals surface area (Å²) in [7, 11) is 0. The average molecular weight is 443 g/mol. The molecule has 168 valence electrons. The number of benzene rings is 2. The van der Waals surface area contributed by atoms with Gasteiger partial charge in [-0.1, -0.05) is 6.92 Å². The zero-order valence-electron chi connectivity index (χ0n) is 17.6. The van der Waals surface area contributed by atoms with Gasteiger partial charge in [0, 0.05) is 29.2 Å². The first-order chi connectivity index (χ1) is 15.3. The van der Waals surface area contributed by atoms with Gasteiger partial charge >= 0.3 is 6.18 Å². The summed E-state index contributed by atoms with van der Waals surface area (Å²) in [5, 5.41) is 6.56. The molecule has 2 aromatic carbocycles. The van der Waals surface area contributed by atoms with Gasteiger partial charge in [0.2, 0.25) is 0 Å². The lowest BCUT2D eigenvalue weighted by atomic mass is 10.1. The maximum absolute atomic E-state index is 13.0. The lowest BCUT2D eigenvalue weighted by molar-refractivity contribution is -0.137. The topological polar surface area (TPSA) is 70.2 Å². The van der Waals surface area contributed by atoms with E-state index in [4.69, 9.17) is 0 Å². The number of fused-ring (bicyclic) bond motifs is 1. The summed E-state index contributed by atoms with van der Waals surface area (Å²) < 4.78 is 38.9. The molecule has 1 saturated heterocycles. The number of nitrogens with one attached hydrogen (secondary N) is 2. The number of anilines is 2. The van der Waals surface area contributed by atoms with Gasteiger partial charge in [0.1, 0.15) is 12.1 Å². The molecule has 1 amide bonds. The number of carbonyl (C=O) groups excluding carboxylic acids is 1. The van der Waals surface area contributed by atoms with Gasteiger partial charge in [-0.2, -0.15) is 13.2 Å². The van der Waals surface area contributed by atoms with Gasteiger partial charge in [0.25, 0.3) is 5.91 Å². The first-order valence-electron chi connectivity index (χ1n) is 10.6. The number of rotatable bonds is 6. The second-order valence-corrected chi connectivity index (χ2v) is 7.79. The van der Waals surface area contributed by atoms with E-state index >= 15 is 0 Å². The second-order valence-electron chi connectivity index (χ2n) is 7.79. The van der Waals surface area contributed by atoms with Crippen LogP contribution in [0.3, 0.4) is 0 Å². The lowest BCUT2D eigenvalue weighted by Gasteiger charge is -2.22. The Morgan fingerprint density at radius 3 is 2.66 bits per heavy atom. The van der Waals surface area contributed by atoms with E-state index in [1.807, 2.05) is 0 Å². The van der Waals surface area contributed by atoms with Crippen LogP contribution in [0, 0.1) is 0 Å². The predicted octanol–water partition coefficient (Wildman–Crippen LogP) is 4.61. The summed E-state index contributed by atoms with van der Waals surface area (Å²) in [6.07, 6.45) is -0.969. The van der Waals surface area contributed by atoms with Crippen molar-refractivity contribution in [1.82, 2.24) is 20.2 Å². The first-order valence-corrected chi connectivity index (χ1v) is 10.6. The van der Waals surface area contributed by atoms with Crippen LogP contribution < -0.4 is 10.6 Å². The highest BCUT2D eigenvalue weighted by Crippen LogP contribution is 2.32. The molecule has 0 saturated carbocycles. The van der Waals surface area contributed by atoms with Crippen LogP contribution >= 0.6 is 0 Å². The van der Waals surface area contributed by atoms with Crippen molar-refractivity contribution in [1.29, 1.82) is 0 Å². The van der Waals surface area contributed by atoms with Gasteiger partial charge in [-0.3, -0.25) is 9.69 Å². The van der Waals surface area contributed by atoms with Gasteiger partial charge in [0.15, 0.2) is 0 Å². The fourth-order valence-corrected chi connectivity index (χ4v) is 4.03. The minimum Gasteiger partial charge on any atom is -0.350 e. The third-order valence-corrected chi connectivity index (χ3v) is 5.78. The van der Waals surface area contributed by atoms with Crippen LogP contribution in [0.15, 0.2) is 48.8 Å². The maximum atomic E-state index is 13.0. The summed E-state index contributed by atoms with van der Waals surface area (Å²) >= 11 is 0. The molecule has 2 N–H and O–H groups in total. The quantitative estimate of drug-likeness (QED) is 0.583. The van der Waals surface area contributed by atoms with Crippen molar-refractivity contribution in [3.8, 4) is 0 Å². The minimum absolute atomic E-state index is 0.133. The number of likely N-dealkylation sites (N-methyl/N-ethyl adjacent to an activating group) is 1. The fraction of sp³-hybridized carbons (Fsp3) is 0.348. The summed E-state index contributed by atoms with van der Waals surface area (Å²) in [5.74, 6) is 0.258. The lowest BCUT2D eigenvalue weighted by Crippen LogP contribution is -2.40. The van der Waals surface area contributed by atoms with Crippen LogP contribution in [-0.2, 0) is 6.18 Å². The van der Waals surface area contributed by atoms with Gasteiger partial charge in [0.05, 0.1) is 11.1 Å². The molecule has 3 aromatic rings. The molecule has 0 bridgehead atoms. The number of carbonyl (C=O) groups is 1. The Balaban J connectivity index is 1.43. The molecule has 0 radical (unpaired) electrons. The van der Waals surface area contributed by atoms with E-state index in [1.165, 1.54) is 12.4 Å². The highest BCUT2D eigenvalue weighted by molar-refractivity contribution is 5.95. The van der Waals surface area contributed by atoms with Gasteiger partial charge < -0.3 is 10.6 Å². The number of aromatic nitrogens is 2. The van der Waals surface area contributed by atoms with Crippen molar-refractivity contribution in [3.63, 3.8) is 0 Å². The SMILES string of the molecule is CCN1CCCC1CNC(=O)c1ccc(Nc2ncnc3cc(C(F)(F)F)ccc23)cc1. The van der Waals surface area contributed by atoms with Crippen LogP contribution in [0.5, 0.6) is 0 Å². The van der Waals surface area contributed by atoms with E-state index in [0.717, 1.165) is 38.1 Å².